The molecule has 1 saturated carbocycles. The van der Waals surface area contributed by atoms with Crippen LogP contribution in [-0.4, -0.2) is 24.9 Å². The minimum Gasteiger partial charge on any atom is -0.450 e. The Kier molecular flexibility index (Phi) is 4.03. The average Bonchev–Trinajstić information content (AvgIpc) is 3.17. The summed E-state index contributed by atoms with van der Waals surface area (Å²) in [4.78, 5) is 26.9. The second-order valence-corrected chi connectivity index (χ2v) is 7.45. The summed E-state index contributed by atoms with van der Waals surface area (Å²) in [6, 6.07) is 11.6. The smallest absolute Gasteiger partial charge is 0.287 e. The maximum atomic E-state index is 12.6. The molecule has 142 valence electrons. The van der Waals surface area contributed by atoms with Crippen molar-refractivity contribution in [2.24, 2.45) is 17.8 Å². The van der Waals surface area contributed by atoms with Crippen molar-refractivity contribution in [2.45, 2.75) is 6.42 Å². The predicted octanol–water partition coefficient (Wildman–Crippen LogP) is 3.75. The maximum absolute atomic E-state index is 12.6. The third kappa shape index (κ3) is 2.90. The SMILES string of the molecule is O=C(NCC[C@H]1[C@@H]2CN(c3ccccc3)C(=O)[C@H]12)c1cc2c(o1)C=C=CC=C2.[HH]. The molecular weight excluding hydrogens is 352 g/mol. The molecule has 2 aliphatic carbocycles. The third-order valence-corrected chi connectivity index (χ3v) is 5.80. The Morgan fingerprint density at radius 1 is 1.32 bits per heavy atom. The topological polar surface area (TPSA) is 62.6 Å². The van der Waals surface area contributed by atoms with Gasteiger partial charge in [0.1, 0.15) is 5.76 Å². The van der Waals surface area contributed by atoms with E-state index in [1.165, 1.54) is 0 Å². The Labute approximate surface area is 164 Å². The van der Waals surface area contributed by atoms with Crippen molar-refractivity contribution in [3.63, 3.8) is 0 Å². The van der Waals surface area contributed by atoms with E-state index in [4.69, 9.17) is 4.42 Å². The minimum absolute atomic E-state index is 0. The predicted molar refractivity (Wildman–Crippen MR) is 109 cm³/mol. The van der Waals surface area contributed by atoms with Gasteiger partial charge < -0.3 is 14.6 Å². The summed E-state index contributed by atoms with van der Waals surface area (Å²) < 4.78 is 5.61. The molecular formula is C23H22N2O3. The summed E-state index contributed by atoms with van der Waals surface area (Å²) in [6.07, 6.45) is 8.09. The van der Waals surface area contributed by atoms with Crippen LogP contribution in [0.2, 0.25) is 0 Å². The number of rotatable bonds is 5. The molecule has 3 atom stereocenters. The molecule has 1 N–H and O–H groups in total. The molecule has 28 heavy (non-hydrogen) atoms. The van der Waals surface area contributed by atoms with Gasteiger partial charge in [-0.2, -0.15) is 0 Å². The number of furan rings is 1. The van der Waals surface area contributed by atoms with E-state index in [-0.39, 0.29) is 19.2 Å². The first kappa shape index (κ1) is 16.8. The van der Waals surface area contributed by atoms with E-state index in [0.717, 1.165) is 24.2 Å². The standard InChI is InChI=1S/C23H20N2O3.H2/c26-22(20-13-15-7-3-1-6-10-19(15)28-20)24-12-11-17-18-14-25(23(27)21(17)18)16-8-4-2-5-9-16;/h1-5,7-10,13,17-18,21H,11-12,14H2,(H,24,26);1H/t17-,18-,21+;/m0./s1. The molecule has 0 spiro atoms. The van der Waals surface area contributed by atoms with Crippen LogP contribution >= 0.6 is 0 Å². The summed E-state index contributed by atoms with van der Waals surface area (Å²) >= 11 is 0. The highest BCUT2D eigenvalue weighted by molar-refractivity contribution is 6.00. The molecule has 2 fully saturated rings. The summed E-state index contributed by atoms with van der Waals surface area (Å²) in [6.45, 7) is 1.33. The number of carbonyl (C=O) groups is 2. The second-order valence-electron chi connectivity index (χ2n) is 7.45. The molecule has 2 heterocycles. The Bertz CT molecular complexity index is 1030. The lowest BCUT2D eigenvalue weighted by atomic mass is 10.1. The summed E-state index contributed by atoms with van der Waals surface area (Å²) in [5, 5.41) is 2.92. The van der Waals surface area contributed by atoms with Gasteiger partial charge in [-0.3, -0.25) is 9.59 Å². The largest absolute Gasteiger partial charge is 0.450 e. The molecule has 0 radical (unpaired) electrons. The quantitative estimate of drug-likeness (QED) is 0.811. The number of nitrogens with one attached hydrogen (secondary N) is 1. The minimum atomic E-state index is -0.220. The number of anilines is 1. The van der Waals surface area contributed by atoms with Crippen molar-refractivity contribution < 1.29 is 15.4 Å². The first-order valence-electron chi connectivity index (χ1n) is 9.60. The Balaban J connectivity index is 0.00000205. The highest BCUT2D eigenvalue weighted by Crippen LogP contribution is 2.54. The monoisotopic (exact) mass is 374 g/mol. The first-order chi connectivity index (χ1) is 13.7. The number of hydrogen-bond donors (Lipinski definition) is 1. The van der Waals surface area contributed by atoms with Crippen molar-refractivity contribution in [1.82, 2.24) is 5.32 Å². The number of hydrogen-bond acceptors (Lipinski definition) is 3. The fourth-order valence-electron chi connectivity index (χ4n) is 4.32. The van der Waals surface area contributed by atoms with Gasteiger partial charge in [0.25, 0.3) is 5.91 Å². The summed E-state index contributed by atoms with van der Waals surface area (Å²) in [5.74, 6) is 1.83. The summed E-state index contributed by atoms with van der Waals surface area (Å²) in [5.41, 5.74) is 4.81. The van der Waals surface area contributed by atoms with Gasteiger partial charge in [0, 0.05) is 37.8 Å². The average molecular weight is 374 g/mol. The van der Waals surface area contributed by atoms with Gasteiger partial charge in [-0.25, -0.2) is 0 Å². The fraction of sp³-hybridized carbons (Fsp3) is 0.261. The fourth-order valence-corrected chi connectivity index (χ4v) is 4.32. The molecule has 1 aliphatic heterocycles. The molecule has 3 aliphatic rings. The van der Waals surface area contributed by atoms with Crippen molar-refractivity contribution in [1.29, 1.82) is 0 Å². The van der Waals surface area contributed by atoms with Crippen molar-refractivity contribution in [3.8, 4) is 0 Å². The number of carbonyl (C=O) groups excluding carboxylic acids is 2. The van der Waals surface area contributed by atoms with Crippen LogP contribution < -0.4 is 10.2 Å². The molecule has 5 rings (SSSR count). The Morgan fingerprint density at radius 3 is 2.96 bits per heavy atom. The Hall–Kier alpha value is -3.30. The van der Waals surface area contributed by atoms with E-state index >= 15 is 0 Å². The van der Waals surface area contributed by atoms with Crippen molar-refractivity contribution in [2.75, 3.05) is 18.0 Å². The molecule has 2 amide bonds. The van der Waals surface area contributed by atoms with Crippen molar-refractivity contribution >= 4 is 29.7 Å². The molecule has 5 nitrogen and oxygen atoms in total. The first-order valence-corrected chi connectivity index (χ1v) is 9.60. The van der Waals surface area contributed by atoms with Gasteiger partial charge in [-0.05, 0) is 42.5 Å². The van der Waals surface area contributed by atoms with E-state index in [0.29, 0.717) is 29.9 Å². The van der Waals surface area contributed by atoms with Crippen LogP contribution in [0.4, 0.5) is 5.69 Å². The number of fused-ring (bicyclic) bond motifs is 2. The number of nitrogens with zero attached hydrogens (tertiary/aromatic N) is 1. The van der Waals surface area contributed by atoms with E-state index in [1.54, 1.807) is 18.2 Å². The molecule has 0 unspecified atom stereocenters. The van der Waals surface area contributed by atoms with E-state index in [2.05, 4.69) is 11.0 Å². The van der Waals surface area contributed by atoms with Gasteiger partial charge in [-0.1, -0.05) is 30.4 Å². The number of para-hydroxylation sites is 1. The number of piperidine rings is 1. The lowest BCUT2D eigenvalue weighted by Gasteiger charge is -2.20. The van der Waals surface area contributed by atoms with Crippen molar-refractivity contribution in [3.05, 3.63) is 71.4 Å². The molecule has 2 aromatic rings. The molecule has 5 heteroatoms. The summed E-state index contributed by atoms with van der Waals surface area (Å²) in [7, 11) is 0. The zero-order valence-electron chi connectivity index (χ0n) is 15.3. The van der Waals surface area contributed by atoms with E-state index in [9.17, 15) is 9.59 Å². The highest BCUT2D eigenvalue weighted by Gasteiger charge is 2.60. The second kappa shape index (κ2) is 6.70. The van der Waals surface area contributed by atoms with Crippen LogP contribution in [0.5, 0.6) is 0 Å². The molecule has 1 aromatic carbocycles. The number of allylic oxidation sites excluding steroid dienone is 2. The van der Waals surface area contributed by atoms with Gasteiger partial charge >= 0.3 is 0 Å². The van der Waals surface area contributed by atoms with Crippen LogP contribution in [0, 0.1) is 17.8 Å². The van der Waals surface area contributed by atoms with Crippen LogP contribution in [0.25, 0.3) is 12.2 Å². The van der Waals surface area contributed by atoms with E-state index < -0.39 is 0 Å². The van der Waals surface area contributed by atoms with Gasteiger partial charge in [0.05, 0.1) is 0 Å². The molecule has 1 aromatic heterocycles. The maximum Gasteiger partial charge on any atom is 0.287 e. The lowest BCUT2D eigenvalue weighted by Crippen LogP contribution is -2.31. The van der Waals surface area contributed by atoms with Crippen LogP contribution in [0.1, 0.15) is 29.7 Å². The van der Waals surface area contributed by atoms with Crippen LogP contribution in [0.15, 0.2) is 58.7 Å². The van der Waals surface area contributed by atoms with Crippen LogP contribution in [-0.2, 0) is 4.79 Å². The Morgan fingerprint density at radius 2 is 2.18 bits per heavy atom. The lowest BCUT2D eigenvalue weighted by molar-refractivity contribution is -0.119. The van der Waals surface area contributed by atoms with Crippen LogP contribution in [0.3, 0.4) is 0 Å². The van der Waals surface area contributed by atoms with Gasteiger partial charge in [0.15, 0.2) is 5.76 Å². The third-order valence-electron chi connectivity index (χ3n) is 5.80. The number of benzene rings is 1. The zero-order valence-corrected chi connectivity index (χ0v) is 15.3. The normalized spacial score (nSPS) is 24.1. The van der Waals surface area contributed by atoms with Gasteiger partial charge in [0.2, 0.25) is 5.91 Å². The zero-order chi connectivity index (χ0) is 19.1. The molecule has 1 saturated heterocycles. The molecule has 0 bridgehead atoms. The highest BCUT2D eigenvalue weighted by atomic mass is 16.3. The van der Waals surface area contributed by atoms with E-state index in [1.807, 2.05) is 47.4 Å². The van der Waals surface area contributed by atoms with Gasteiger partial charge in [-0.15, -0.1) is 5.73 Å². The number of amides is 2.